The van der Waals surface area contributed by atoms with Gasteiger partial charge in [0.1, 0.15) is 0 Å². The van der Waals surface area contributed by atoms with Gasteiger partial charge < -0.3 is 0 Å². The Morgan fingerprint density at radius 3 is 1.29 bits per heavy atom. The quantitative estimate of drug-likeness (QED) is 0.161. The molecule has 1 saturated carbocycles. The van der Waals surface area contributed by atoms with E-state index < -0.39 is 0 Å². The molecule has 8 aromatic rings. The Kier molecular flexibility index (Phi) is 8.42. The fraction of sp³-hybridized carbons (Fsp3) is 0.115. The molecule has 0 saturated heterocycles. The Morgan fingerprint density at radius 2 is 0.804 bits per heavy atom. The van der Waals surface area contributed by atoms with Crippen molar-refractivity contribution in [3.8, 4) is 78.7 Å². The summed E-state index contributed by atoms with van der Waals surface area (Å²) in [5.74, 6) is 1.91. The summed E-state index contributed by atoms with van der Waals surface area (Å²) in [6, 6.07) is 59.7. The van der Waals surface area contributed by atoms with E-state index in [2.05, 4.69) is 157 Å². The first-order valence-corrected chi connectivity index (χ1v) is 19.5. The minimum Gasteiger partial charge on any atom is -0.238 e. The van der Waals surface area contributed by atoms with Crippen molar-refractivity contribution in [1.82, 2.24) is 15.0 Å². The van der Waals surface area contributed by atoms with Crippen LogP contribution in [0.15, 0.2) is 170 Å². The summed E-state index contributed by atoms with van der Waals surface area (Å²) in [6.07, 6.45) is 6.05. The molecule has 1 spiro atoms. The van der Waals surface area contributed by atoms with E-state index >= 15 is 0 Å². The van der Waals surface area contributed by atoms with Crippen LogP contribution < -0.4 is 0 Å². The first-order chi connectivity index (χ1) is 27.6. The largest absolute Gasteiger partial charge is 0.238 e. The molecule has 0 amide bonds. The lowest BCUT2D eigenvalue weighted by Crippen LogP contribution is -2.28. The van der Waals surface area contributed by atoms with Crippen molar-refractivity contribution in [1.29, 1.82) is 0 Å². The topological polar surface area (TPSA) is 43.0 Å². The van der Waals surface area contributed by atoms with Crippen molar-refractivity contribution in [3.05, 3.63) is 192 Å². The molecule has 266 valence electrons. The van der Waals surface area contributed by atoms with Crippen LogP contribution in [0.5, 0.6) is 0 Å². The van der Waals surface area contributed by atoms with Gasteiger partial charge in [0.2, 0.25) is 0 Å². The average molecular weight is 719 g/mol. The summed E-state index contributed by atoms with van der Waals surface area (Å²) in [6.45, 7) is 7.65. The highest BCUT2D eigenvalue weighted by Gasteiger charge is 2.43. The monoisotopic (exact) mass is 718 g/mol. The van der Waals surface area contributed by atoms with Gasteiger partial charge in [-0.05, 0) is 80.6 Å². The predicted molar refractivity (Wildman–Crippen MR) is 228 cm³/mol. The van der Waals surface area contributed by atoms with E-state index in [4.69, 9.17) is 21.5 Å². The number of hydrogen-bond donors (Lipinski definition) is 0. The fourth-order valence-electron chi connectivity index (χ4n) is 8.90. The minimum absolute atomic E-state index is 0.0235. The van der Waals surface area contributed by atoms with E-state index in [9.17, 15) is 0 Å². The molecule has 1 heterocycles. The van der Waals surface area contributed by atoms with Gasteiger partial charge in [-0.2, -0.15) is 0 Å². The molecule has 0 unspecified atom stereocenters. The third kappa shape index (κ3) is 5.99. The highest BCUT2D eigenvalue weighted by atomic mass is 15.0. The number of hydrogen-bond acceptors (Lipinski definition) is 3. The van der Waals surface area contributed by atoms with Crippen molar-refractivity contribution >= 4 is 5.69 Å². The number of nitrogens with zero attached hydrogens (tertiary/aromatic N) is 4. The average Bonchev–Trinajstić information content (AvgIpc) is 3.54. The molecule has 0 atom stereocenters. The number of aromatic nitrogens is 3. The Bertz CT molecular complexity index is 2640. The molecule has 0 N–H and O–H groups in total. The van der Waals surface area contributed by atoms with Crippen LogP contribution in [0.25, 0.3) is 83.5 Å². The second kappa shape index (κ2) is 14.0. The zero-order valence-corrected chi connectivity index (χ0v) is 31.0. The second-order valence-corrected chi connectivity index (χ2v) is 15.0. The van der Waals surface area contributed by atoms with Crippen LogP contribution in [-0.2, 0) is 5.41 Å². The van der Waals surface area contributed by atoms with Crippen molar-refractivity contribution in [2.24, 2.45) is 0 Å². The summed E-state index contributed by atoms with van der Waals surface area (Å²) >= 11 is 0. The van der Waals surface area contributed by atoms with Crippen molar-refractivity contribution in [2.45, 2.75) is 37.5 Å². The molecule has 56 heavy (non-hydrogen) atoms. The summed E-state index contributed by atoms with van der Waals surface area (Å²) in [4.78, 5) is 18.9. The van der Waals surface area contributed by atoms with Crippen LogP contribution in [0.1, 0.15) is 43.2 Å². The highest BCUT2D eigenvalue weighted by Crippen LogP contribution is 2.57. The zero-order chi connectivity index (χ0) is 37.5. The fourth-order valence-corrected chi connectivity index (χ4v) is 8.90. The van der Waals surface area contributed by atoms with Crippen molar-refractivity contribution in [2.75, 3.05) is 0 Å². The van der Waals surface area contributed by atoms with Crippen LogP contribution in [0, 0.1) is 6.57 Å². The molecule has 0 aliphatic heterocycles. The second-order valence-electron chi connectivity index (χ2n) is 15.0. The van der Waals surface area contributed by atoms with Gasteiger partial charge in [-0.15, -0.1) is 0 Å². The van der Waals surface area contributed by atoms with E-state index in [0.717, 1.165) is 46.2 Å². The smallest absolute Gasteiger partial charge is 0.187 e. The van der Waals surface area contributed by atoms with Crippen LogP contribution in [0.3, 0.4) is 0 Å². The zero-order valence-electron chi connectivity index (χ0n) is 31.0. The maximum Gasteiger partial charge on any atom is 0.187 e. The lowest BCUT2D eigenvalue weighted by molar-refractivity contribution is 0.353. The van der Waals surface area contributed by atoms with Crippen LogP contribution in [0.2, 0.25) is 0 Å². The number of benzene rings is 7. The van der Waals surface area contributed by atoms with Gasteiger partial charge in [0, 0.05) is 22.1 Å². The minimum atomic E-state index is 0.0235. The number of rotatable bonds is 6. The van der Waals surface area contributed by atoms with Crippen LogP contribution >= 0.6 is 0 Å². The molecule has 1 aromatic heterocycles. The maximum absolute atomic E-state index is 7.65. The van der Waals surface area contributed by atoms with E-state index in [0.29, 0.717) is 23.2 Å². The van der Waals surface area contributed by atoms with E-state index in [1.165, 1.54) is 58.2 Å². The van der Waals surface area contributed by atoms with E-state index in [1.807, 2.05) is 18.2 Å². The molecule has 0 radical (unpaired) electrons. The molecular weight excluding hydrogens is 681 g/mol. The first kappa shape index (κ1) is 33.6. The van der Waals surface area contributed by atoms with Gasteiger partial charge in [-0.1, -0.05) is 177 Å². The molecule has 2 aliphatic carbocycles. The summed E-state index contributed by atoms with van der Waals surface area (Å²) in [5, 5.41) is 0. The summed E-state index contributed by atoms with van der Waals surface area (Å²) < 4.78 is 0. The van der Waals surface area contributed by atoms with Crippen molar-refractivity contribution < 1.29 is 0 Å². The van der Waals surface area contributed by atoms with E-state index in [-0.39, 0.29) is 5.41 Å². The van der Waals surface area contributed by atoms with Gasteiger partial charge in [0.15, 0.2) is 23.2 Å². The van der Waals surface area contributed by atoms with Gasteiger partial charge in [-0.25, -0.2) is 19.8 Å². The maximum atomic E-state index is 7.65. The molecule has 7 aromatic carbocycles. The molecular formula is C52H38N4. The highest BCUT2D eigenvalue weighted by molar-refractivity contribution is 5.86. The standard InChI is InChI=1S/C52H38N4/c1-53-44-28-30-47-46(34-44)45-29-27-43(33-48(45)52(47)31-9-4-10-32-52)39-19-25-42(26-20-39)51-55-49(40-21-15-37(16-22-40)35-11-5-2-6-12-35)54-50(56-51)41-23-17-38(18-24-41)36-13-7-3-8-14-36/h2-3,5-8,11-30,33-34H,4,9-10,31-32H2. The lowest BCUT2D eigenvalue weighted by atomic mass is 9.67. The molecule has 0 bridgehead atoms. The third-order valence-electron chi connectivity index (χ3n) is 11.8. The van der Waals surface area contributed by atoms with Gasteiger partial charge in [0.25, 0.3) is 0 Å². The Labute approximate surface area is 328 Å². The van der Waals surface area contributed by atoms with Gasteiger partial charge in [-0.3, -0.25) is 0 Å². The normalized spacial score (nSPS) is 13.8. The van der Waals surface area contributed by atoms with Gasteiger partial charge in [0.05, 0.1) is 6.57 Å². The van der Waals surface area contributed by atoms with Gasteiger partial charge >= 0.3 is 0 Å². The Morgan fingerprint density at radius 1 is 0.375 bits per heavy atom. The molecule has 2 aliphatic rings. The molecule has 1 fully saturated rings. The third-order valence-corrected chi connectivity index (χ3v) is 11.8. The first-order valence-electron chi connectivity index (χ1n) is 19.5. The molecule has 10 rings (SSSR count). The van der Waals surface area contributed by atoms with Crippen LogP contribution in [-0.4, -0.2) is 15.0 Å². The Balaban J connectivity index is 1.02. The predicted octanol–water partition coefficient (Wildman–Crippen LogP) is 13.7. The molecule has 4 heteroatoms. The van der Waals surface area contributed by atoms with Crippen LogP contribution in [0.4, 0.5) is 5.69 Å². The summed E-state index contributed by atoms with van der Waals surface area (Å²) in [7, 11) is 0. The lowest BCUT2D eigenvalue weighted by Gasteiger charge is -2.36. The molecule has 4 nitrogen and oxygen atoms in total. The van der Waals surface area contributed by atoms with E-state index in [1.54, 1.807) is 0 Å². The number of fused-ring (bicyclic) bond motifs is 5. The van der Waals surface area contributed by atoms with Crippen molar-refractivity contribution in [3.63, 3.8) is 0 Å². The Hall–Kier alpha value is -6.96. The summed E-state index contributed by atoms with van der Waals surface area (Å²) in [5.41, 5.74) is 15.9. The SMILES string of the molecule is [C-]#[N+]c1ccc2c(c1)-c1ccc(-c3ccc(-c4nc(-c5ccc(-c6ccccc6)cc5)nc(-c5ccc(-c6ccccc6)cc5)n4)cc3)cc1C21CCCCC1.